The first-order valence-electron chi connectivity index (χ1n) is 9.12. The molecule has 2 aromatic carbocycles. The largest absolute Gasteiger partial charge is 0.319 e. The maximum absolute atomic E-state index is 11.8. The lowest BCUT2D eigenvalue weighted by molar-refractivity contribution is 0.219. The van der Waals surface area contributed by atoms with Crippen molar-refractivity contribution in [2.45, 2.75) is 38.5 Å². The molecule has 0 fully saturated rings. The standard InChI is InChI=1S/C20H23Br4O3P/c21-17-9-15(10-18(22)13-17)5-1-3-7-26-28(25)27-8-4-2-6-16-11-19(23)14-20(24)12-16/h9-14,28H,1-8H2. The van der Waals surface area contributed by atoms with Crippen LogP contribution in [-0.4, -0.2) is 13.2 Å². The lowest BCUT2D eigenvalue weighted by Gasteiger charge is -2.07. The molecule has 0 heterocycles. The number of aryl methyl sites for hydroxylation is 2. The van der Waals surface area contributed by atoms with Crippen molar-refractivity contribution in [2.24, 2.45) is 0 Å². The van der Waals surface area contributed by atoms with E-state index >= 15 is 0 Å². The van der Waals surface area contributed by atoms with E-state index in [1.165, 1.54) is 11.1 Å². The van der Waals surface area contributed by atoms with E-state index < -0.39 is 8.25 Å². The van der Waals surface area contributed by atoms with Gasteiger partial charge in [0.2, 0.25) is 0 Å². The van der Waals surface area contributed by atoms with Gasteiger partial charge in [-0.3, -0.25) is 4.57 Å². The average molecular weight is 662 g/mol. The second kappa shape index (κ2) is 13.7. The van der Waals surface area contributed by atoms with Crippen molar-refractivity contribution in [2.75, 3.05) is 13.2 Å². The number of benzene rings is 2. The lowest BCUT2D eigenvalue weighted by Crippen LogP contribution is -1.94. The van der Waals surface area contributed by atoms with Crippen molar-refractivity contribution in [1.82, 2.24) is 0 Å². The van der Waals surface area contributed by atoms with Crippen molar-refractivity contribution in [3.63, 3.8) is 0 Å². The van der Waals surface area contributed by atoms with Gasteiger partial charge in [-0.25, -0.2) is 0 Å². The predicted molar refractivity (Wildman–Crippen MR) is 130 cm³/mol. The van der Waals surface area contributed by atoms with Crippen LogP contribution >= 0.6 is 72.0 Å². The first kappa shape index (κ1) is 24.8. The van der Waals surface area contributed by atoms with Crippen LogP contribution in [0.1, 0.15) is 36.8 Å². The molecule has 0 saturated carbocycles. The van der Waals surface area contributed by atoms with Crippen molar-refractivity contribution < 1.29 is 13.6 Å². The summed E-state index contributed by atoms with van der Waals surface area (Å²) < 4.78 is 26.7. The van der Waals surface area contributed by atoms with Gasteiger partial charge >= 0.3 is 8.25 Å². The quantitative estimate of drug-likeness (QED) is 0.169. The van der Waals surface area contributed by atoms with Crippen molar-refractivity contribution >= 4 is 72.0 Å². The van der Waals surface area contributed by atoms with Gasteiger partial charge in [-0.05, 0) is 86.1 Å². The summed E-state index contributed by atoms with van der Waals surface area (Å²) in [6.07, 6.45) is 5.63. The number of halogens is 4. The van der Waals surface area contributed by atoms with E-state index in [0.29, 0.717) is 13.2 Å². The molecule has 0 aliphatic carbocycles. The molecule has 3 nitrogen and oxygen atoms in total. The third-order valence-corrected chi connectivity index (χ3v) is 6.72. The Morgan fingerprint density at radius 3 is 1.32 bits per heavy atom. The number of hydrogen-bond donors (Lipinski definition) is 0. The summed E-state index contributed by atoms with van der Waals surface area (Å²) in [7, 11) is -2.39. The fourth-order valence-corrected chi connectivity index (χ4v) is 6.21. The molecule has 0 atom stereocenters. The summed E-state index contributed by atoms with van der Waals surface area (Å²) in [4.78, 5) is 0. The maximum atomic E-state index is 11.8. The normalized spacial score (nSPS) is 11.3. The van der Waals surface area contributed by atoms with E-state index in [4.69, 9.17) is 9.05 Å². The van der Waals surface area contributed by atoms with Gasteiger partial charge in [0.25, 0.3) is 0 Å². The highest BCUT2D eigenvalue weighted by Crippen LogP contribution is 2.26. The highest BCUT2D eigenvalue weighted by molar-refractivity contribution is 9.11. The minimum absolute atomic E-state index is 0.471. The number of rotatable bonds is 12. The number of unbranched alkanes of at least 4 members (excludes halogenated alkanes) is 2. The Morgan fingerprint density at radius 2 is 0.964 bits per heavy atom. The van der Waals surface area contributed by atoms with Gasteiger partial charge in [0.1, 0.15) is 0 Å². The first-order valence-corrected chi connectivity index (χ1v) is 13.5. The predicted octanol–water partition coefficient (Wildman–Crippen LogP) is 8.51. The van der Waals surface area contributed by atoms with E-state index in [2.05, 4.69) is 88.0 Å². The Labute approximate surface area is 201 Å². The Kier molecular flexibility index (Phi) is 12.2. The molecule has 0 amide bonds. The van der Waals surface area contributed by atoms with Crippen LogP contribution in [0.15, 0.2) is 54.3 Å². The highest BCUT2D eigenvalue weighted by Gasteiger charge is 2.03. The van der Waals surface area contributed by atoms with Crippen molar-refractivity contribution in [3.8, 4) is 0 Å². The third kappa shape index (κ3) is 10.5. The summed E-state index contributed by atoms with van der Waals surface area (Å²) in [5.74, 6) is 0. The van der Waals surface area contributed by atoms with Crippen molar-refractivity contribution in [1.29, 1.82) is 0 Å². The topological polar surface area (TPSA) is 35.5 Å². The van der Waals surface area contributed by atoms with Gasteiger partial charge in [0, 0.05) is 17.9 Å². The van der Waals surface area contributed by atoms with E-state index in [1.807, 2.05) is 12.1 Å². The van der Waals surface area contributed by atoms with Gasteiger partial charge in [0.15, 0.2) is 0 Å². The zero-order valence-electron chi connectivity index (χ0n) is 15.4. The van der Waals surface area contributed by atoms with Crippen LogP contribution in [0.5, 0.6) is 0 Å². The highest BCUT2D eigenvalue weighted by atomic mass is 79.9. The van der Waals surface area contributed by atoms with E-state index in [1.54, 1.807) is 0 Å². The molecule has 2 aromatic rings. The summed E-state index contributed by atoms with van der Waals surface area (Å²) in [6.45, 7) is 0.943. The average Bonchev–Trinajstić information content (AvgIpc) is 2.59. The van der Waals surface area contributed by atoms with Crippen LogP contribution in [0.3, 0.4) is 0 Å². The Hall–Kier alpha value is 0.510. The Bertz CT molecular complexity index is 682. The molecule has 0 aliphatic heterocycles. The second-order valence-corrected chi connectivity index (χ2v) is 11.2. The molecule has 2 rings (SSSR count). The molecule has 0 saturated heterocycles. The van der Waals surface area contributed by atoms with E-state index in [0.717, 1.165) is 56.4 Å². The SMILES string of the molecule is O=[PH](OCCCCc1cc(Br)cc(Br)c1)OCCCCc1cc(Br)cc(Br)c1. The maximum Gasteiger partial charge on any atom is 0.319 e. The first-order chi connectivity index (χ1) is 13.4. The third-order valence-electron chi connectivity index (χ3n) is 4.00. The van der Waals surface area contributed by atoms with Gasteiger partial charge in [-0.1, -0.05) is 63.7 Å². The van der Waals surface area contributed by atoms with Gasteiger partial charge in [0.05, 0.1) is 13.2 Å². The zero-order valence-corrected chi connectivity index (χ0v) is 22.7. The van der Waals surface area contributed by atoms with Gasteiger partial charge in [-0.15, -0.1) is 0 Å². The molecule has 154 valence electrons. The van der Waals surface area contributed by atoms with Gasteiger partial charge in [-0.2, -0.15) is 0 Å². The molecular weight excluding hydrogens is 639 g/mol. The van der Waals surface area contributed by atoms with Crippen molar-refractivity contribution in [3.05, 3.63) is 65.4 Å². The number of hydrogen-bond acceptors (Lipinski definition) is 3. The molecule has 28 heavy (non-hydrogen) atoms. The molecule has 0 spiro atoms. The van der Waals surface area contributed by atoms with Crippen LogP contribution in [-0.2, 0) is 26.5 Å². The molecule has 0 bridgehead atoms. The van der Waals surface area contributed by atoms with E-state index in [-0.39, 0.29) is 0 Å². The monoisotopic (exact) mass is 658 g/mol. The summed E-state index contributed by atoms with van der Waals surface area (Å²) in [5.41, 5.74) is 2.53. The summed E-state index contributed by atoms with van der Waals surface area (Å²) in [5, 5.41) is 0. The summed E-state index contributed by atoms with van der Waals surface area (Å²) in [6, 6.07) is 12.5. The lowest BCUT2D eigenvalue weighted by atomic mass is 10.1. The van der Waals surface area contributed by atoms with Crippen LogP contribution in [0.4, 0.5) is 0 Å². The zero-order chi connectivity index (χ0) is 20.4. The Morgan fingerprint density at radius 1 is 0.607 bits per heavy atom. The molecule has 0 radical (unpaired) electrons. The van der Waals surface area contributed by atoms with Crippen LogP contribution in [0.25, 0.3) is 0 Å². The molecule has 0 N–H and O–H groups in total. The Balaban J connectivity index is 1.50. The molecule has 0 aromatic heterocycles. The fraction of sp³-hybridized carbons (Fsp3) is 0.400. The van der Waals surface area contributed by atoms with Gasteiger partial charge < -0.3 is 9.05 Å². The minimum atomic E-state index is -2.39. The molecule has 0 aliphatic rings. The van der Waals surface area contributed by atoms with E-state index in [9.17, 15) is 4.57 Å². The molecule has 0 unspecified atom stereocenters. The summed E-state index contributed by atoms with van der Waals surface area (Å²) >= 11 is 14.0. The van der Waals surface area contributed by atoms with Crippen LogP contribution in [0.2, 0.25) is 0 Å². The fourth-order valence-electron chi connectivity index (χ4n) is 2.73. The molecule has 8 heteroatoms. The second-order valence-electron chi connectivity index (χ2n) is 6.42. The molecular formula is C20H23Br4O3P. The minimum Gasteiger partial charge on any atom is -0.311 e. The van der Waals surface area contributed by atoms with Crippen LogP contribution < -0.4 is 0 Å². The smallest absolute Gasteiger partial charge is 0.311 e. The van der Waals surface area contributed by atoms with Crippen LogP contribution in [0, 0.1) is 0 Å².